The van der Waals surface area contributed by atoms with Gasteiger partial charge in [-0.05, 0) is 26.0 Å². The number of nitrogens with two attached hydrogens (primary N) is 1. The molecule has 1 aromatic rings. The van der Waals surface area contributed by atoms with Crippen molar-refractivity contribution >= 4 is 50.4 Å². The fourth-order valence-electron chi connectivity index (χ4n) is 1.53. The Balaban J connectivity index is 3.41. The minimum Gasteiger partial charge on any atom is -0.392 e. The summed E-state index contributed by atoms with van der Waals surface area (Å²) >= 11 is 16.0. The van der Waals surface area contributed by atoms with Gasteiger partial charge in [-0.1, -0.05) is 35.4 Å². The molecule has 0 fully saturated rings. The highest BCUT2D eigenvalue weighted by molar-refractivity contribution is 7.89. The molecule has 2 N–H and O–H groups in total. The predicted molar refractivity (Wildman–Crippen MR) is 82.2 cm³/mol. The minimum absolute atomic E-state index is 0.00725. The number of rotatable bonds is 5. The van der Waals surface area contributed by atoms with Gasteiger partial charge in [0.05, 0.1) is 21.6 Å². The molecule has 0 unspecified atom stereocenters. The molecule has 0 amide bonds. The lowest BCUT2D eigenvalue weighted by Gasteiger charge is -2.25. The SMILES string of the molecule is CC(C)N(CC(N)=S)S(=O)(=O)c1ccc(Cl)c(F)c1Cl. The molecule has 0 heterocycles. The van der Waals surface area contributed by atoms with Gasteiger partial charge >= 0.3 is 0 Å². The van der Waals surface area contributed by atoms with Crippen LogP contribution < -0.4 is 5.73 Å². The number of hydrogen-bond donors (Lipinski definition) is 1. The summed E-state index contributed by atoms with van der Waals surface area (Å²) < 4.78 is 39.7. The minimum atomic E-state index is -4.03. The van der Waals surface area contributed by atoms with Gasteiger partial charge in [0.2, 0.25) is 10.0 Å². The number of benzene rings is 1. The zero-order valence-electron chi connectivity index (χ0n) is 10.7. The largest absolute Gasteiger partial charge is 0.392 e. The van der Waals surface area contributed by atoms with Crippen LogP contribution in [0.25, 0.3) is 0 Å². The van der Waals surface area contributed by atoms with Crippen LogP contribution in [0.15, 0.2) is 17.0 Å². The summed E-state index contributed by atoms with van der Waals surface area (Å²) in [5.41, 5.74) is 5.40. The summed E-state index contributed by atoms with van der Waals surface area (Å²) in [5.74, 6) is -0.978. The van der Waals surface area contributed by atoms with Crippen LogP contribution in [0, 0.1) is 5.82 Å². The molecule has 0 saturated heterocycles. The highest BCUT2D eigenvalue weighted by Crippen LogP contribution is 2.31. The molecule has 0 spiro atoms. The van der Waals surface area contributed by atoms with E-state index >= 15 is 0 Å². The first kappa shape index (κ1) is 17.6. The third kappa shape index (κ3) is 3.59. The van der Waals surface area contributed by atoms with E-state index in [1.807, 2.05) is 0 Å². The van der Waals surface area contributed by atoms with Crippen LogP contribution >= 0.6 is 35.4 Å². The van der Waals surface area contributed by atoms with Crippen molar-refractivity contribution in [1.29, 1.82) is 0 Å². The number of halogens is 3. The van der Waals surface area contributed by atoms with Gasteiger partial charge < -0.3 is 5.73 Å². The van der Waals surface area contributed by atoms with Crippen molar-refractivity contribution in [3.63, 3.8) is 0 Å². The van der Waals surface area contributed by atoms with E-state index in [1.54, 1.807) is 13.8 Å². The maximum Gasteiger partial charge on any atom is 0.245 e. The lowest BCUT2D eigenvalue weighted by Crippen LogP contribution is -2.42. The van der Waals surface area contributed by atoms with E-state index < -0.39 is 26.9 Å². The lowest BCUT2D eigenvalue weighted by atomic mass is 10.3. The lowest BCUT2D eigenvalue weighted by molar-refractivity contribution is 0.390. The van der Waals surface area contributed by atoms with Crippen LogP contribution in [0.3, 0.4) is 0 Å². The highest BCUT2D eigenvalue weighted by atomic mass is 35.5. The van der Waals surface area contributed by atoms with Crippen molar-refractivity contribution in [2.75, 3.05) is 6.54 Å². The second-order valence-electron chi connectivity index (χ2n) is 4.28. The molecule has 1 rings (SSSR count). The van der Waals surface area contributed by atoms with Gasteiger partial charge in [-0.3, -0.25) is 0 Å². The van der Waals surface area contributed by atoms with Crippen molar-refractivity contribution in [2.45, 2.75) is 24.8 Å². The van der Waals surface area contributed by atoms with Crippen LogP contribution in [0.1, 0.15) is 13.8 Å². The molecule has 0 radical (unpaired) electrons. The van der Waals surface area contributed by atoms with Crippen molar-refractivity contribution in [3.8, 4) is 0 Å². The second kappa shape index (κ2) is 6.53. The van der Waals surface area contributed by atoms with E-state index in [9.17, 15) is 12.8 Å². The average Bonchev–Trinajstić information content (AvgIpc) is 2.32. The van der Waals surface area contributed by atoms with Crippen molar-refractivity contribution in [2.24, 2.45) is 5.73 Å². The van der Waals surface area contributed by atoms with Crippen LogP contribution in [-0.4, -0.2) is 30.3 Å². The first-order chi connectivity index (χ1) is 9.09. The third-order valence-corrected chi connectivity index (χ3v) is 5.44. The van der Waals surface area contributed by atoms with E-state index in [1.165, 1.54) is 0 Å². The summed E-state index contributed by atoms with van der Waals surface area (Å²) in [6.07, 6.45) is 0. The molecule has 20 heavy (non-hydrogen) atoms. The molecule has 4 nitrogen and oxygen atoms in total. The standard InChI is InChI=1S/C11H13Cl2FN2O2S2/c1-6(2)16(5-9(15)19)20(17,18)8-4-3-7(12)11(14)10(8)13/h3-4,6H,5H2,1-2H3,(H2,15,19). The molecule has 0 aliphatic carbocycles. The Labute approximate surface area is 132 Å². The number of sulfonamides is 1. The Hall–Kier alpha value is -0.470. The van der Waals surface area contributed by atoms with Gasteiger partial charge in [-0.25, -0.2) is 12.8 Å². The van der Waals surface area contributed by atoms with Gasteiger partial charge in [-0.2, -0.15) is 4.31 Å². The third-order valence-electron chi connectivity index (χ3n) is 2.47. The molecule has 0 aliphatic rings. The molecule has 1 aromatic carbocycles. The molecule has 112 valence electrons. The average molecular weight is 359 g/mol. The van der Waals surface area contributed by atoms with Crippen LogP contribution in [0.2, 0.25) is 10.0 Å². The molecular weight excluding hydrogens is 346 g/mol. The molecule has 0 atom stereocenters. The maximum atomic E-state index is 13.7. The summed E-state index contributed by atoms with van der Waals surface area (Å²) in [7, 11) is -4.03. The molecule has 0 bridgehead atoms. The topological polar surface area (TPSA) is 63.4 Å². The Kier molecular flexibility index (Phi) is 5.74. The Bertz CT molecular complexity index is 636. The highest BCUT2D eigenvalue weighted by Gasteiger charge is 2.31. The molecule has 0 saturated carbocycles. The summed E-state index contributed by atoms with van der Waals surface area (Å²) in [5, 5.41) is -0.800. The van der Waals surface area contributed by atoms with Gasteiger partial charge in [-0.15, -0.1) is 0 Å². The predicted octanol–water partition coefficient (Wildman–Crippen LogP) is 2.82. The first-order valence-electron chi connectivity index (χ1n) is 5.52. The first-order valence-corrected chi connectivity index (χ1v) is 8.13. The fraction of sp³-hybridized carbons (Fsp3) is 0.364. The van der Waals surface area contributed by atoms with Crippen molar-refractivity contribution in [3.05, 3.63) is 28.0 Å². The quantitative estimate of drug-likeness (QED) is 0.649. The number of hydrogen-bond acceptors (Lipinski definition) is 3. The van der Waals surface area contributed by atoms with E-state index in [2.05, 4.69) is 0 Å². The Morgan fingerprint density at radius 2 is 2.00 bits per heavy atom. The van der Waals surface area contributed by atoms with E-state index in [4.69, 9.17) is 41.2 Å². The van der Waals surface area contributed by atoms with Gasteiger partial charge in [0.1, 0.15) is 4.90 Å². The van der Waals surface area contributed by atoms with Gasteiger partial charge in [0.15, 0.2) is 5.82 Å². The van der Waals surface area contributed by atoms with Crippen LogP contribution in [-0.2, 0) is 10.0 Å². The smallest absolute Gasteiger partial charge is 0.245 e. The zero-order chi connectivity index (χ0) is 15.7. The van der Waals surface area contributed by atoms with E-state index in [0.29, 0.717) is 0 Å². The number of nitrogens with zero attached hydrogens (tertiary/aromatic N) is 1. The normalized spacial score (nSPS) is 12.2. The monoisotopic (exact) mass is 358 g/mol. The molecule has 9 heteroatoms. The van der Waals surface area contributed by atoms with E-state index in [-0.39, 0.29) is 21.5 Å². The fourth-order valence-corrected chi connectivity index (χ4v) is 4.09. The van der Waals surface area contributed by atoms with Crippen molar-refractivity contribution < 1.29 is 12.8 Å². The summed E-state index contributed by atoms with van der Waals surface area (Å²) in [6.45, 7) is 3.14. The second-order valence-corrected chi connectivity index (χ2v) is 7.45. The number of thiocarbonyl (C=S) groups is 1. The van der Waals surface area contributed by atoms with Crippen molar-refractivity contribution in [1.82, 2.24) is 4.31 Å². The maximum absolute atomic E-state index is 13.7. The summed E-state index contributed by atoms with van der Waals surface area (Å²) in [6, 6.07) is 1.86. The summed E-state index contributed by atoms with van der Waals surface area (Å²) in [4.78, 5) is -0.362. The van der Waals surface area contributed by atoms with E-state index in [0.717, 1.165) is 16.4 Å². The van der Waals surface area contributed by atoms with Gasteiger partial charge in [0, 0.05) is 6.04 Å². The van der Waals surface area contributed by atoms with Gasteiger partial charge in [0.25, 0.3) is 0 Å². The molecular formula is C11H13Cl2FN2O2S2. The Morgan fingerprint density at radius 1 is 1.45 bits per heavy atom. The molecule has 0 aromatic heterocycles. The van der Waals surface area contributed by atoms with Crippen LogP contribution in [0.4, 0.5) is 4.39 Å². The zero-order valence-corrected chi connectivity index (χ0v) is 13.9. The van der Waals surface area contributed by atoms with Crippen LogP contribution in [0.5, 0.6) is 0 Å². The Morgan fingerprint density at radius 3 is 2.45 bits per heavy atom. The molecule has 0 aliphatic heterocycles.